The van der Waals surface area contributed by atoms with Crippen molar-refractivity contribution in [1.29, 1.82) is 0 Å². The molecule has 2 rings (SSSR count). The van der Waals surface area contributed by atoms with Crippen molar-refractivity contribution in [2.24, 2.45) is 0 Å². The van der Waals surface area contributed by atoms with Crippen molar-refractivity contribution in [3.63, 3.8) is 0 Å². The van der Waals surface area contributed by atoms with Gasteiger partial charge >= 0.3 is 0 Å². The minimum absolute atomic E-state index is 0.0571. The maximum absolute atomic E-state index is 14.1. The number of carbonyl (C=O) groups excluding carboxylic acids is 1. The number of nitrogens with one attached hydrogen (secondary N) is 1. The van der Waals surface area contributed by atoms with E-state index in [1.54, 1.807) is 6.07 Å². The molecule has 0 aliphatic rings. The Morgan fingerprint density at radius 1 is 1.17 bits per heavy atom. The first-order chi connectivity index (χ1) is 11.1. The monoisotopic (exact) mass is 321 g/mol. The van der Waals surface area contributed by atoms with Gasteiger partial charge in [-0.1, -0.05) is 6.07 Å². The van der Waals surface area contributed by atoms with Gasteiger partial charge in [0.05, 0.1) is 12.7 Å². The Balaban J connectivity index is 2.23. The van der Waals surface area contributed by atoms with E-state index in [2.05, 4.69) is 5.32 Å². The van der Waals surface area contributed by atoms with E-state index in [-0.39, 0.29) is 24.3 Å². The molecule has 1 amide bonds. The molecule has 0 saturated carbocycles. The Morgan fingerprint density at radius 2 is 1.96 bits per heavy atom. The summed E-state index contributed by atoms with van der Waals surface area (Å²) in [5, 5.41) is 11.2. The number of amides is 1. The second kappa shape index (κ2) is 7.69. The molecule has 4 nitrogen and oxygen atoms in total. The molecule has 6 heteroatoms. The standard InChI is InChI=1S/C17H17F2NO3/c1-23-12-4-6-13(16(19)10-12)11-3-5-14(15(18)9-11)17(22)20-7-2-8-21/h3-6,9-10,21H,2,7-8H2,1H3,(H,20,22). The molecule has 0 aliphatic heterocycles. The average Bonchev–Trinajstić information content (AvgIpc) is 2.54. The Bertz CT molecular complexity index is 704. The Kier molecular flexibility index (Phi) is 5.65. The van der Waals surface area contributed by atoms with Gasteiger partial charge in [-0.15, -0.1) is 0 Å². The van der Waals surface area contributed by atoms with Crippen LogP contribution in [0.1, 0.15) is 16.8 Å². The zero-order valence-corrected chi connectivity index (χ0v) is 12.6. The smallest absolute Gasteiger partial charge is 0.254 e. The first-order valence-electron chi connectivity index (χ1n) is 7.09. The Hall–Kier alpha value is -2.47. The molecule has 2 aromatic rings. The van der Waals surface area contributed by atoms with E-state index in [4.69, 9.17) is 9.84 Å². The summed E-state index contributed by atoms with van der Waals surface area (Å²) in [6.07, 6.45) is 0.391. The molecule has 2 aromatic carbocycles. The lowest BCUT2D eigenvalue weighted by molar-refractivity contribution is 0.0947. The predicted molar refractivity (Wildman–Crippen MR) is 82.4 cm³/mol. The third kappa shape index (κ3) is 4.04. The number of aliphatic hydroxyl groups excluding tert-OH is 1. The van der Waals surface area contributed by atoms with Crippen molar-refractivity contribution in [2.75, 3.05) is 20.3 Å². The molecule has 0 spiro atoms. The first kappa shape index (κ1) is 16.9. The summed E-state index contributed by atoms with van der Waals surface area (Å²) in [7, 11) is 1.43. The second-order valence-corrected chi connectivity index (χ2v) is 4.87. The normalized spacial score (nSPS) is 10.4. The van der Waals surface area contributed by atoms with Gasteiger partial charge in [0.15, 0.2) is 0 Å². The fraction of sp³-hybridized carbons (Fsp3) is 0.235. The van der Waals surface area contributed by atoms with Gasteiger partial charge in [-0.2, -0.15) is 0 Å². The fourth-order valence-corrected chi connectivity index (χ4v) is 2.10. The molecule has 0 bridgehead atoms. The predicted octanol–water partition coefficient (Wildman–Crippen LogP) is 2.75. The highest BCUT2D eigenvalue weighted by Crippen LogP contribution is 2.27. The van der Waals surface area contributed by atoms with E-state index in [0.29, 0.717) is 17.7 Å². The lowest BCUT2D eigenvalue weighted by Crippen LogP contribution is -2.25. The molecule has 0 atom stereocenters. The van der Waals surface area contributed by atoms with Crippen LogP contribution in [0, 0.1) is 11.6 Å². The zero-order chi connectivity index (χ0) is 16.8. The van der Waals surface area contributed by atoms with Crippen molar-refractivity contribution in [2.45, 2.75) is 6.42 Å². The highest BCUT2D eigenvalue weighted by molar-refractivity contribution is 5.95. The number of aliphatic hydroxyl groups is 1. The number of hydrogen-bond donors (Lipinski definition) is 2. The summed E-state index contributed by atoms with van der Waals surface area (Å²) in [6.45, 7) is 0.197. The molecule has 0 aromatic heterocycles. The van der Waals surface area contributed by atoms with Gasteiger partial charge in [0.2, 0.25) is 0 Å². The van der Waals surface area contributed by atoms with Gasteiger partial charge in [0, 0.05) is 24.8 Å². The lowest BCUT2D eigenvalue weighted by Gasteiger charge is -2.09. The van der Waals surface area contributed by atoms with Crippen molar-refractivity contribution >= 4 is 5.91 Å². The summed E-state index contributed by atoms with van der Waals surface area (Å²) >= 11 is 0. The van der Waals surface area contributed by atoms with Crippen molar-refractivity contribution in [3.05, 3.63) is 53.6 Å². The van der Waals surface area contributed by atoms with E-state index >= 15 is 0 Å². The summed E-state index contributed by atoms with van der Waals surface area (Å²) in [4.78, 5) is 11.8. The maximum Gasteiger partial charge on any atom is 0.254 e. The number of methoxy groups -OCH3 is 1. The number of ether oxygens (including phenoxy) is 1. The topological polar surface area (TPSA) is 58.6 Å². The molecule has 0 heterocycles. The molecular formula is C17H17F2NO3. The van der Waals surface area contributed by atoms with Crippen LogP contribution in [0.3, 0.4) is 0 Å². The molecule has 122 valence electrons. The van der Waals surface area contributed by atoms with Gasteiger partial charge < -0.3 is 15.2 Å². The summed E-state index contributed by atoms with van der Waals surface area (Å²) in [5.41, 5.74) is 0.423. The molecule has 0 radical (unpaired) electrons. The molecule has 0 saturated heterocycles. The number of halogens is 2. The molecule has 0 aliphatic carbocycles. The number of carbonyl (C=O) groups is 1. The summed E-state index contributed by atoms with van der Waals surface area (Å²) in [6, 6.07) is 8.18. The second-order valence-electron chi connectivity index (χ2n) is 4.87. The van der Waals surface area contributed by atoms with Gasteiger partial charge in [0.1, 0.15) is 17.4 Å². The van der Waals surface area contributed by atoms with E-state index in [9.17, 15) is 13.6 Å². The van der Waals surface area contributed by atoms with Crippen LogP contribution >= 0.6 is 0 Å². The van der Waals surface area contributed by atoms with Gasteiger partial charge in [-0.3, -0.25) is 4.79 Å². The molecule has 23 heavy (non-hydrogen) atoms. The van der Waals surface area contributed by atoms with Crippen LogP contribution in [-0.4, -0.2) is 31.3 Å². The summed E-state index contributed by atoms with van der Waals surface area (Å²) in [5.74, 6) is -1.48. The van der Waals surface area contributed by atoms with Crippen LogP contribution in [0.5, 0.6) is 5.75 Å². The summed E-state index contributed by atoms with van der Waals surface area (Å²) < 4.78 is 33.1. The highest BCUT2D eigenvalue weighted by Gasteiger charge is 2.14. The third-order valence-electron chi connectivity index (χ3n) is 3.32. The first-order valence-corrected chi connectivity index (χ1v) is 7.09. The molecule has 2 N–H and O–H groups in total. The fourth-order valence-electron chi connectivity index (χ4n) is 2.10. The Morgan fingerprint density at radius 3 is 2.57 bits per heavy atom. The van der Waals surface area contributed by atoms with Crippen LogP contribution in [0.4, 0.5) is 8.78 Å². The highest BCUT2D eigenvalue weighted by atomic mass is 19.1. The van der Waals surface area contributed by atoms with Crippen LogP contribution in [-0.2, 0) is 0 Å². The minimum atomic E-state index is -0.737. The van der Waals surface area contributed by atoms with E-state index in [1.807, 2.05) is 0 Å². The third-order valence-corrected chi connectivity index (χ3v) is 3.32. The van der Waals surface area contributed by atoms with E-state index in [0.717, 1.165) is 6.07 Å². The zero-order valence-electron chi connectivity index (χ0n) is 12.6. The number of hydrogen-bond acceptors (Lipinski definition) is 3. The van der Waals surface area contributed by atoms with Gasteiger partial charge in [-0.25, -0.2) is 8.78 Å². The molecule has 0 unspecified atom stereocenters. The molecule has 0 fully saturated rings. The van der Waals surface area contributed by atoms with E-state index in [1.165, 1.54) is 31.4 Å². The number of rotatable bonds is 6. The van der Waals surface area contributed by atoms with Gasteiger partial charge in [-0.05, 0) is 36.2 Å². The van der Waals surface area contributed by atoms with Crippen LogP contribution in [0.15, 0.2) is 36.4 Å². The average molecular weight is 321 g/mol. The lowest BCUT2D eigenvalue weighted by atomic mass is 10.0. The number of benzene rings is 2. The largest absolute Gasteiger partial charge is 0.497 e. The van der Waals surface area contributed by atoms with E-state index < -0.39 is 17.5 Å². The van der Waals surface area contributed by atoms with Crippen molar-refractivity contribution < 1.29 is 23.4 Å². The quantitative estimate of drug-likeness (QED) is 0.804. The van der Waals surface area contributed by atoms with Crippen LogP contribution in [0.2, 0.25) is 0 Å². The van der Waals surface area contributed by atoms with Crippen LogP contribution < -0.4 is 10.1 Å². The Labute approximate surface area is 132 Å². The maximum atomic E-state index is 14.1. The molecular weight excluding hydrogens is 304 g/mol. The van der Waals surface area contributed by atoms with Crippen molar-refractivity contribution in [1.82, 2.24) is 5.32 Å². The minimum Gasteiger partial charge on any atom is -0.497 e. The van der Waals surface area contributed by atoms with Crippen molar-refractivity contribution in [3.8, 4) is 16.9 Å². The van der Waals surface area contributed by atoms with Gasteiger partial charge in [0.25, 0.3) is 5.91 Å². The SMILES string of the molecule is COc1ccc(-c2ccc(C(=O)NCCCO)c(F)c2)c(F)c1. The van der Waals surface area contributed by atoms with Crippen LogP contribution in [0.25, 0.3) is 11.1 Å².